The van der Waals surface area contributed by atoms with Gasteiger partial charge in [0.15, 0.2) is 0 Å². The first-order chi connectivity index (χ1) is 11.5. The number of nitro groups is 1. The number of aromatic nitrogens is 1. The third-order valence-corrected chi connectivity index (χ3v) is 4.08. The van der Waals surface area contributed by atoms with Gasteiger partial charge in [0.25, 0.3) is 11.6 Å². The number of pyridine rings is 1. The number of benzene rings is 1. The van der Waals surface area contributed by atoms with Crippen LogP contribution in [0.15, 0.2) is 42.5 Å². The Labute approximate surface area is 139 Å². The summed E-state index contributed by atoms with van der Waals surface area (Å²) in [7, 11) is 0. The number of aryl methyl sites for hydroxylation is 1. The highest BCUT2D eigenvalue weighted by atomic mass is 16.6. The number of carbonyl (C=O) groups is 1. The summed E-state index contributed by atoms with van der Waals surface area (Å²) in [5.74, 6) is -0.0719. The maximum atomic E-state index is 12.5. The van der Waals surface area contributed by atoms with Gasteiger partial charge >= 0.3 is 0 Å². The Kier molecular flexibility index (Phi) is 4.41. The van der Waals surface area contributed by atoms with Crippen LogP contribution in [0.4, 0.5) is 11.4 Å². The zero-order valence-electron chi connectivity index (χ0n) is 13.4. The molecule has 1 aliphatic rings. The molecule has 2 aromatic rings. The summed E-state index contributed by atoms with van der Waals surface area (Å²) in [5.41, 5.74) is 2.16. The van der Waals surface area contributed by atoms with Crippen LogP contribution in [0, 0.1) is 17.0 Å². The smallest absolute Gasteiger partial charge is 0.272 e. The van der Waals surface area contributed by atoms with Crippen LogP contribution in [-0.2, 0) is 0 Å². The van der Waals surface area contributed by atoms with E-state index in [0.717, 1.165) is 11.4 Å². The van der Waals surface area contributed by atoms with Gasteiger partial charge in [-0.15, -0.1) is 0 Å². The number of rotatable bonds is 3. The molecule has 1 saturated heterocycles. The van der Waals surface area contributed by atoms with E-state index in [-0.39, 0.29) is 11.6 Å². The van der Waals surface area contributed by atoms with Crippen LogP contribution in [0.1, 0.15) is 16.2 Å². The topological polar surface area (TPSA) is 79.6 Å². The highest BCUT2D eigenvalue weighted by molar-refractivity contribution is 5.92. The lowest BCUT2D eigenvalue weighted by molar-refractivity contribution is -0.384. The molecule has 1 aromatic heterocycles. The van der Waals surface area contributed by atoms with Crippen LogP contribution in [-0.4, -0.2) is 46.9 Å². The first-order valence-corrected chi connectivity index (χ1v) is 7.77. The Morgan fingerprint density at radius 1 is 1.12 bits per heavy atom. The Morgan fingerprint density at radius 3 is 2.50 bits per heavy atom. The quantitative estimate of drug-likeness (QED) is 0.638. The second-order valence-corrected chi connectivity index (χ2v) is 5.72. The normalized spacial score (nSPS) is 14.5. The van der Waals surface area contributed by atoms with Crippen LogP contribution in [0.5, 0.6) is 0 Å². The lowest BCUT2D eigenvalue weighted by atomic mass is 10.2. The minimum absolute atomic E-state index is 0.0719. The van der Waals surface area contributed by atoms with Gasteiger partial charge < -0.3 is 9.80 Å². The Morgan fingerprint density at radius 2 is 1.83 bits per heavy atom. The number of nitrogens with zero attached hydrogens (tertiary/aromatic N) is 4. The molecule has 7 nitrogen and oxygen atoms in total. The SMILES string of the molecule is Cc1cccc(C(=O)N2CCN(c3cccc([N+](=O)[O-])c3)CC2)n1. The van der Waals surface area contributed by atoms with Crippen molar-refractivity contribution >= 4 is 17.3 Å². The molecular formula is C17H18N4O3. The largest absolute Gasteiger partial charge is 0.368 e. The van der Waals surface area contributed by atoms with Gasteiger partial charge in [0.05, 0.1) is 4.92 Å². The van der Waals surface area contributed by atoms with Crippen molar-refractivity contribution in [3.63, 3.8) is 0 Å². The maximum absolute atomic E-state index is 12.5. The highest BCUT2D eigenvalue weighted by Crippen LogP contribution is 2.22. The summed E-state index contributed by atoms with van der Waals surface area (Å²) in [6.45, 7) is 4.27. The number of carbonyl (C=O) groups excluding carboxylic acids is 1. The zero-order valence-corrected chi connectivity index (χ0v) is 13.4. The number of anilines is 1. The fourth-order valence-electron chi connectivity index (χ4n) is 2.80. The third-order valence-electron chi connectivity index (χ3n) is 4.08. The van der Waals surface area contributed by atoms with Gasteiger partial charge in [0.2, 0.25) is 0 Å². The summed E-state index contributed by atoms with van der Waals surface area (Å²) in [4.78, 5) is 31.1. The van der Waals surface area contributed by atoms with Crippen molar-refractivity contribution in [1.29, 1.82) is 0 Å². The maximum Gasteiger partial charge on any atom is 0.272 e. The van der Waals surface area contributed by atoms with Crippen molar-refractivity contribution in [3.05, 3.63) is 64.0 Å². The monoisotopic (exact) mass is 326 g/mol. The summed E-state index contributed by atoms with van der Waals surface area (Å²) in [6, 6.07) is 12.0. The molecule has 0 bridgehead atoms. The van der Waals surface area contributed by atoms with Crippen molar-refractivity contribution in [1.82, 2.24) is 9.88 Å². The number of hydrogen-bond donors (Lipinski definition) is 0. The molecule has 0 aliphatic carbocycles. The van der Waals surface area contributed by atoms with Gasteiger partial charge in [-0.2, -0.15) is 0 Å². The molecule has 124 valence electrons. The van der Waals surface area contributed by atoms with Crippen LogP contribution in [0.3, 0.4) is 0 Å². The van der Waals surface area contributed by atoms with E-state index in [1.54, 1.807) is 23.1 Å². The van der Waals surface area contributed by atoms with E-state index < -0.39 is 4.92 Å². The van der Waals surface area contributed by atoms with Gasteiger partial charge in [-0.1, -0.05) is 12.1 Å². The molecule has 7 heteroatoms. The van der Waals surface area contributed by atoms with Crippen LogP contribution < -0.4 is 4.90 Å². The average Bonchev–Trinajstić information content (AvgIpc) is 2.61. The molecule has 0 unspecified atom stereocenters. The third kappa shape index (κ3) is 3.34. The zero-order chi connectivity index (χ0) is 17.1. The second kappa shape index (κ2) is 6.66. The number of hydrogen-bond acceptors (Lipinski definition) is 5. The Balaban J connectivity index is 1.66. The number of piperazine rings is 1. The molecule has 3 rings (SSSR count). The molecule has 0 spiro atoms. The minimum atomic E-state index is -0.396. The number of non-ortho nitro benzene ring substituents is 1. The van der Waals surface area contributed by atoms with E-state index in [1.807, 2.05) is 25.1 Å². The predicted molar refractivity (Wildman–Crippen MR) is 90.2 cm³/mol. The molecule has 1 amide bonds. The fraction of sp³-hybridized carbons (Fsp3) is 0.294. The van der Waals surface area contributed by atoms with Crippen molar-refractivity contribution in [2.24, 2.45) is 0 Å². The molecule has 0 N–H and O–H groups in total. The Bertz CT molecular complexity index is 770. The minimum Gasteiger partial charge on any atom is -0.368 e. The summed E-state index contributed by atoms with van der Waals surface area (Å²) >= 11 is 0. The van der Waals surface area contributed by atoms with Gasteiger partial charge in [-0.05, 0) is 25.1 Å². The van der Waals surface area contributed by atoms with Crippen LogP contribution in [0.2, 0.25) is 0 Å². The molecule has 1 aliphatic heterocycles. The lowest BCUT2D eigenvalue weighted by Crippen LogP contribution is -2.49. The van der Waals surface area contributed by atoms with E-state index in [4.69, 9.17) is 0 Å². The molecule has 1 fully saturated rings. The van der Waals surface area contributed by atoms with E-state index in [9.17, 15) is 14.9 Å². The van der Waals surface area contributed by atoms with Crippen molar-refractivity contribution in [2.75, 3.05) is 31.1 Å². The van der Waals surface area contributed by atoms with Gasteiger partial charge in [-0.25, -0.2) is 4.98 Å². The fourth-order valence-corrected chi connectivity index (χ4v) is 2.80. The van der Waals surface area contributed by atoms with Crippen molar-refractivity contribution in [2.45, 2.75) is 6.92 Å². The van der Waals surface area contributed by atoms with Gasteiger partial charge in [0, 0.05) is 49.7 Å². The van der Waals surface area contributed by atoms with E-state index in [2.05, 4.69) is 9.88 Å². The molecular weight excluding hydrogens is 308 g/mol. The standard InChI is InChI=1S/C17H18N4O3/c1-13-4-2-7-16(18-13)17(22)20-10-8-19(9-11-20)14-5-3-6-15(12-14)21(23)24/h2-7,12H,8-11H2,1H3. The molecule has 0 saturated carbocycles. The van der Waals surface area contributed by atoms with E-state index in [1.165, 1.54) is 6.07 Å². The second-order valence-electron chi connectivity index (χ2n) is 5.72. The molecule has 24 heavy (non-hydrogen) atoms. The number of nitro benzene ring substituents is 1. The predicted octanol–water partition coefficient (Wildman–Crippen LogP) is 2.26. The number of amides is 1. The summed E-state index contributed by atoms with van der Waals surface area (Å²) < 4.78 is 0. The molecule has 1 aromatic carbocycles. The lowest BCUT2D eigenvalue weighted by Gasteiger charge is -2.35. The molecule has 0 radical (unpaired) electrons. The van der Waals surface area contributed by atoms with E-state index in [0.29, 0.717) is 31.9 Å². The van der Waals surface area contributed by atoms with Gasteiger partial charge in [-0.3, -0.25) is 14.9 Å². The van der Waals surface area contributed by atoms with Crippen molar-refractivity contribution < 1.29 is 9.72 Å². The highest BCUT2D eigenvalue weighted by Gasteiger charge is 2.23. The molecule has 2 heterocycles. The van der Waals surface area contributed by atoms with Gasteiger partial charge in [0.1, 0.15) is 5.69 Å². The van der Waals surface area contributed by atoms with Crippen LogP contribution >= 0.6 is 0 Å². The average molecular weight is 326 g/mol. The van der Waals surface area contributed by atoms with E-state index >= 15 is 0 Å². The summed E-state index contributed by atoms with van der Waals surface area (Å²) in [5, 5.41) is 10.9. The van der Waals surface area contributed by atoms with Crippen molar-refractivity contribution in [3.8, 4) is 0 Å². The van der Waals surface area contributed by atoms with Crippen LogP contribution in [0.25, 0.3) is 0 Å². The first-order valence-electron chi connectivity index (χ1n) is 7.77. The first kappa shape index (κ1) is 15.9. The molecule has 0 atom stereocenters. The summed E-state index contributed by atoms with van der Waals surface area (Å²) in [6.07, 6.45) is 0. The Hall–Kier alpha value is -2.96.